The minimum atomic E-state index is -0.445. The van der Waals surface area contributed by atoms with E-state index in [0.717, 1.165) is 53.8 Å². The van der Waals surface area contributed by atoms with Crippen LogP contribution < -0.4 is 9.64 Å². The molecule has 1 saturated heterocycles. The Morgan fingerprint density at radius 3 is 2.41 bits per heavy atom. The van der Waals surface area contributed by atoms with E-state index in [-0.39, 0.29) is 5.78 Å². The molecule has 0 amide bonds. The van der Waals surface area contributed by atoms with Gasteiger partial charge in [0, 0.05) is 25.9 Å². The van der Waals surface area contributed by atoms with Crippen LogP contribution in [0.25, 0.3) is 11.0 Å². The second-order valence-corrected chi connectivity index (χ2v) is 8.49. The number of aryl methyl sites for hydroxylation is 2. The average Bonchev–Trinajstić information content (AvgIpc) is 2.70. The highest BCUT2D eigenvalue weighted by Crippen LogP contribution is 2.41. The molecule has 0 bridgehead atoms. The highest BCUT2D eigenvalue weighted by molar-refractivity contribution is 6.32. The summed E-state index contributed by atoms with van der Waals surface area (Å²) in [6.45, 7) is 5.52. The monoisotopic (exact) mass is 407 g/mol. The molecule has 0 radical (unpaired) electrons. The van der Waals surface area contributed by atoms with Crippen molar-refractivity contribution in [3.05, 3.63) is 58.2 Å². The highest BCUT2D eigenvalue weighted by atomic mass is 35.5. The van der Waals surface area contributed by atoms with Crippen LogP contribution >= 0.6 is 11.6 Å². The number of Topliss-reactive ketones (excluding diaryl/α,β-unsaturated/α-hetero) is 1. The van der Waals surface area contributed by atoms with E-state index in [0.29, 0.717) is 23.0 Å². The van der Waals surface area contributed by atoms with Crippen LogP contribution in [0.15, 0.2) is 36.4 Å². The molecule has 0 atom stereocenters. The van der Waals surface area contributed by atoms with E-state index < -0.39 is 5.60 Å². The number of ketones is 1. The number of hydrogen-bond acceptors (Lipinski definition) is 5. The SMILES string of the molecule is Cc1cc2c(cc1C)C(=O)CC1(CCN(c3nc4ccccc4nc3Cl)CC1)O2. The molecule has 2 aliphatic rings. The molecule has 0 aliphatic carbocycles. The molecule has 5 nitrogen and oxygen atoms in total. The zero-order chi connectivity index (χ0) is 20.2. The topological polar surface area (TPSA) is 55.3 Å². The third kappa shape index (κ3) is 3.14. The fraction of sp³-hybridized carbons (Fsp3) is 0.348. The molecule has 5 rings (SSSR count). The van der Waals surface area contributed by atoms with Crippen molar-refractivity contribution in [3.63, 3.8) is 0 Å². The van der Waals surface area contributed by atoms with Crippen molar-refractivity contribution >= 4 is 34.2 Å². The van der Waals surface area contributed by atoms with E-state index in [1.54, 1.807) is 0 Å². The molecule has 3 heterocycles. The van der Waals surface area contributed by atoms with Gasteiger partial charge in [-0.25, -0.2) is 9.97 Å². The van der Waals surface area contributed by atoms with Crippen LogP contribution in [0.4, 0.5) is 5.82 Å². The van der Waals surface area contributed by atoms with Crippen molar-refractivity contribution in [2.75, 3.05) is 18.0 Å². The second kappa shape index (κ2) is 6.70. The molecule has 29 heavy (non-hydrogen) atoms. The smallest absolute Gasteiger partial charge is 0.172 e. The summed E-state index contributed by atoms with van der Waals surface area (Å²) in [5.41, 5.74) is 4.15. The fourth-order valence-electron chi connectivity index (χ4n) is 4.32. The predicted octanol–water partition coefficient (Wildman–Crippen LogP) is 4.90. The zero-order valence-corrected chi connectivity index (χ0v) is 17.3. The highest BCUT2D eigenvalue weighted by Gasteiger charge is 2.43. The largest absolute Gasteiger partial charge is 0.486 e. The lowest BCUT2D eigenvalue weighted by molar-refractivity contribution is 0.0230. The van der Waals surface area contributed by atoms with Gasteiger partial charge < -0.3 is 9.64 Å². The summed E-state index contributed by atoms with van der Waals surface area (Å²) in [5.74, 6) is 1.60. The molecule has 0 unspecified atom stereocenters. The van der Waals surface area contributed by atoms with Crippen molar-refractivity contribution < 1.29 is 9.53 Å². The molecule has 6 heteroatoms. The summed E-state index contributed by atoms with van der Waals surface area (Å²) in [6, 6.07) is 11.7. The van der Waals surface area contributed by atoms with Crippen molar-refractivity contribution in [2.24, 2.45) is 0 Å². The molecular weight excluding hydrogens is 386 g/mol. The number of fused-ring (bicyclic) bond motifs is 2. The Hall–Kier alpha value is -2.66. The van der Waals surface area contributed by atoms with Crippen LogP contribution in [0.1, 0.15) is 40.7 Å². The maximum Gasteiger partial charge on any atom is 0.172 e. The number of hydrogen-bond donors (Lipinski definition) is 0. The van der Waals surface area contributed by atoms with Crippen LogP contribution in [0.3, 0.4) is 0 Å². The summed E-state index contributed by atoms with van der Waals surface area (Å²) in [7, 11) is 0. The average molecular weight is 408 g/mol. The van der Waals surface area contributed by atoms with Crippen molar-refractivity contribution in [2.45, 2.75) is 38.7 Å². The Morgan fingerprint density at radius 2 is 1.69 bits per heavy atom. The molecule has 1 spiro atoms. The number of carbonyl (C=O) groups excluding carboxylic acids is 1. The van der Waals surface area contributed by atoms with Gasteiger partial charge in [-0.2, -0.15) is 0 Å². The van der Waals surface area contributed by atoms with Crippen molar-refractivity contribution in [1.82, 2.24) is 9.97 Å². The summed E-state index contributed by atoms with van der Waals surface area (Å²) in [5, 5.41) is 0.414. The van der Waals surface area contributed by atoms with E-state index in [1.165, 1.54) is 0 Å². The van der Waals surface area contributed by atoms with Gasteiger partial charge in [-0.05, 0) is 49.2 Å². The Bertz CT molecular complexity index is 1140. The third-order valence-corrected chi connectivity index (χ3v) is 6.44. The first-order valence-corrected chi connectivity index (χ1v) is 10.3. The lowest BCUT2D eigenvalue weighted by atomic mass is 9.82. The van der Waals surface area contributed by atoms with Gasteiger partial charge in [0.2, 0.25) is 0 Å². The van der Waals surface area contributed by atoms with Crippen LogP contribution in [0.5, 0.6) is 5.75 Å². The first kappa shape index (κ1) is 18.4. The lowest BCUT2D eigenvalue weighted by Gasteiger charge is -2.44. The van der Waals surface area contributed by atoms with Gasteiger partial charge in [-0.3, -0.25) is 4.79 Å². The zero-order valence-electron chi connectivity index (χ0n) is 16.5. The van der Waals surface area contributed by atoms with Crippen LogP contribution in [-0.2, 0) is 0 Å². The third-order valence-electron chi connectivity index (χ3n) is 6.19. The van der Waals surface area contributed by atoms with E-state index >= 15 is 0 Å². The van der Waals surface area contributed by atoms with Gasteiger partial charge in [0.25, 0.3) is 0 Å². The summed E-state index contributed by atoms with van der Waals surface area (Å²) in [4.78, 5) is 24.2. The molecule has 148 valence electrons. The number of nitrogens with zero attached hydrogens (tertiary/aromatic N) is 3. The maximum absolute atomic E-state index is 12.8. The van der Waals surface area contributed by atoms with Crippen molar-refractivity contribution in [1.29, 1.82) is 0 Å². The van der Waals surface area contributed by atoms with Crippen LogP contribution in [-0.4, -0.2) is 34.4 Å². The van der Waals surface area contributed by atoms with Gasteiger partial charge in [0.05, 0.1) is 23.0 Å². The maximum atomic E-state index is 12.8. The quantitative estimate of drug-likeness (QED) is 0.574. The van der Waals surface area contributed by atoms with Gasteiger partial charge >= 0.3 is 0 Å². The Kier molecular flexibility index (Phi) is 4.24. The Labute approximate surface area is 174 Å². The lowest BCUT2D eigenvalue weighted by Crippen LogP contribution is -2.51. The molecule has 0 N–H and O–H groups in total. The van der Waals surface area contributed by atoms with E-state index in [2.05, 4.69) is 9.88 Å². The number of rotatable bonds is 1. The minimum absolute atomic E-state index is 0.173. The standard InChI is InChI=1S/C23H22ClN3O2/c1-14-11-16-19(28)13-23(29-20(16)12-15(14)2)7-9-27(10-8-23)22-21(24)25-17-5-3-4-6-18(17)26-22/h3-6,11-12H,7-10,13H2,1-2H3. The van der Waals surface area contributed by atoms with E-state index in [4.69, 9.17) is 21.3 Å². The number of piperidine rings is 1. The van der Waals surface area contributed by atoms with Gasteiger partial charge in [-0.15, -0.1) is 0 Å². The normalized spacial score (nSPS) is 18.0. The van der Waals surface area contributed by atoms with Crippen molar-refractivity contribution in [3.8, 4) is 5.75 Å². The summed E-state index contributed by atoms with van der Waals surface area (Å²) >= 11 is 6.44. The summed E-state index contributed by atoms with van der Waals surface area (Å²) in [6.07, 6.45) is 1.92. The molecule has 2 aliphatic heterocycles. The molecule has 3 aromatic rings. The number of aromatic nitrogens is 2. The Morgan fingerprint density at radius 1 is 1.03 bits per heavy atom. The number of anilines is 1. The second-order valence-electron chi connectivity index (χ2n) is 8.13. The fourth-order valence-corrected chi connectivity index (χ4v) is 4.58. The number of carbonyl (C=O) groups is 1. The summed E-state index contributed by atoms with van der Waals surface area (Å²) < 4.78 is 6.43. The van der Waals surface area contributed by atoms with Gasteiger partial charge in [0.15, 0.2) is 16.8 Å². The van der Waals surface area contributed by atoms with E-state index in [9.17, 15) is 4.79 Å². The number of ether oxygens (including phenoxy) is 1. The molecule has 1 aromatic heterocycles. The molecular formula is C23H22ClN3O2. The predicted molar refractivity (Wildman–Crippen MR) is 114 cm³/mol. The van der Waals surface area contributed by atoms with Crippen LogP contribution in [0, 0.1) is 13.8 Å². The number of para-hydroxylation sites is 2. The number of halogens is 1. The van der Waals surface area contributed by atoms with Crippen LogP contribution in [0.2, 0.25) is 5.15 Å². The molecule has 1 fully saturated rings. The Balaban J connectivity index is 1.40. The first-order chi connectivity index (χ1) is 13.9. The van der Waals surface area contributed by atoms with E-state index in [1.807, 2.05) is 50.2 Å². The first-order valence-electron chi connectivity index (χ1n) is 9.95. The molecule has 0 saturated carbocycles. The molecule has 2 aromatic carbocycles. The minimum Gasteiger partial charge on any atom is -0.486 e. The van der Waals surface area contributed by atoms with Gasteiger partial charge in [-0.1, -0.05) is 23.7 Å². The van der Waals surface area contributed by atoms with Gasteiger partial charge in [0.1, 0.15) is 11.4 Å². The number of benzene rings is 2.